The number of aromatic nitrogens is 2. The van der Waals surface area contributed by atoms with Crippen LogP contribution in [-0.4, -0.2) is 21.2 Å². The third-order valence-electron chi connectivity index (χ3n) is 3.30. The molecule has 0 saturated heterocycles. The van der Waals surface area contributed by atoms with E-state index in [1.807, 2.05) is 25.1 Å². The zero-order chi connectivity index (χ0) is 13.6. The van der Waals surface area contributed by atoms with Gasteiger partial charge in [-0.1, -0.05) is 21.1 Å². The monoisotopic (exact) mass is 322 g/mol. The minimum absolute atomic E-state index is 0.130. The van der Waals surface area contributed by atoms with Crippen molar-refractivity contribution in [2.45, 2.75) is 19.3 Å². The van der Waals surface area contributed by atoms with Crippen molar-refractivity contribution in [2.75, 3.05) is 0 Å². The number of rotatable bonds is 3. The van der Waals surface area contributed by atoms with Gasteiger partial charge in [0.15, 0.2) is 0 Å². The van der Waals surface area contributed by atoms with Gasteiger partial charge in [0.2, 0.25) is 11.7 Å². The third-order valence-corrected chi connectivity index (χ3v) is 3.79. The fraction of sp³-hybridized carbons (Fsp3) is 0.308. The molecule has 1 aliphatic rings. The summed E-state index contributed by atoms with van der Waals surface area (Å²) in [5.74, 6) is -0.376. The fourth-order valence-electron chi connectivity index (χ4n) is 2.11. The van der Waals surface area contributed by atoms with Crippen molar-refractivity contribution >= 4 is 21.9 Å². The Labute approximate surface area is 117 Å². The Balaban J connectivity index is 1.88. The van der Waals surface area contributed by atoms with Crippen molar-refractivity contribution in [3.05, 3.63) is 34.1 Å². The lowest BCUT2D eigenvalue weighted by Crippen LogP contribution is -1.99. The molecule has 0 spiro atoms. The normalized spacial score (nSPS) is 21.4. The summed E-state index contributed by atoms with van der Waals surface area (Å²) in [5, 5.41) is 12.8. The Morgan fingerprint density at radius 2 is 2.32 bits per heavy atom. The Morgan fingerprint density at radius 3 is 2.95 bits per heavy atom. The van der Waals surface area contributed by atoms with Crippen LogP contribution in [0.2, 0.25) is 0 Å². The van der Waals surface area contributed by atoms with Crippen LogP contribution in [0, 0.1) is 12.8 Å². The molecule has 98 valence electrons. The molecular formula is C13H11BrN2O3. The van der Waals surface area contributed by atoms with Crippen molar-refractivity contribution in [1.82, 2.24) is 10.1 Å². The maximum absolute atomic E-state index is 10.8. The third kappa shape index (κ3) is 2.28. The van der Waals surface area contributed by atoms with E-state index in [0.29, 0.717) is 18.1 Å². The number of benzene rings is 1. The van der Waals surface area contributed by atoms with Gasteiger partial charge < -0.3 is 9.63 Å². The molecule has 0 amide bonds. The van der Waals surface area contributed by atoms with E-state index in [-0.39, 0.29) is 11.8 Å². The number of carboxylic acids is 1. The molecular weight excluding hydrogens is 312 g/mol. The maximum Gasteiger partial charge on any atom is 0.307 e. The molecule has 1 fully saturated rings. The number of aryl methyl sites for hydroxylation is 1. The first-order chi connectivity index (χ1) is 9.06. The highest BCUT2D eigenvalue weighted by atomic mass is 79.9. The molecule has 0 bridgehead atoms. The molecule has 0 aliphatic heterocycles. The lowest BCUT2D eigenvalue weighted by Gasteiger charge is -2.00. The topological polar surface area (TPSA) is 76.2 Å². The molecule has 0 radical (unpaired) electrons. The van der Waals surface area contributed by atoms with E-state index in [9.17, 15) is 4.79 Å². The van der Waals surface area contributed by atoms with Crippen LogP contribution in [0.25, 0.3) is 11.4 Å². The zero-order valence-electron chi connectivity index (χ0n) is 10.1. The number of carboxylic acid groups (broad SMARTS) is 1. The van der Waals surface area contributed by atoms with Crippen LogP contribution in [0.15, 0.2) is 27.2 Å². The summed E-state index contributed by atoms with van der Waals surface area (Å²) in [7, 11) is 0. The maximum atomic E-state index is 10.8. The van der Waals surface area contributed by atoms with Gasteiger partial charge in [0.05, 0.1) is 11.8 Å². The number of aliphatic carboxylic acids is 1. The molecule has 6 heteroatoms. The number of nitrogens with zero attached hydrogens (tertiary/aromatic N) is 2. The summed E-state index contributed by atoms with van der Waals surface area (Å²) in [5.41, 5.74) is 1.93. The van der Waals surface area contributed by atoms with Crippen molar-refractivity contribution in [3.8, 4) is 11.4 Å². The van der Waals surface area contributed by atoms with Gasteiger partial charge in [0.25, 0.3) is 0 Å². The summed E-state index contributed by atoms with van der Waals surface area (Å²) in [6.07, 6.45) is 0.580. The van der Waals surface area contributed by atoms with Crippen LogP contribution in [0.3, 0.4) is 0 Å². The Morgan fingerprint density at radius 1 is 1.53 bits per heavy atom. The predicted octanol–water partition coefficient (Wildman–Crippen LogP) is 3.00. The van der Waals surface area contributed by atoms with Gasteiger partial charge in [-0.05, 0) is 37.1 Å². The molecule has 1 aromatic heterocycles. The summed E-state index contributed by atoms with van der Waals surface area (Å²) >= 11 is 3.40. The lowest BCUT2D eigenvalue weighted by molar-refractivity contribution is -0.138. The molecule has 2 aromatic rings. The lowest BCUT2D eigenvalue weighted by atomic mass is 10.1. The first kappa shape index (κ1) is 12.3. The first-order valence-corrected chi connectivity index (χ1v) is 6.68. The van der Waals surface area contributed by atoms with Crippen LogP contribution in [0.4, 0.5) is 0 Å². The van der Waals surface area contributed by atoms with Crippen LogP contribution in [0.1, 0.15) is 23.8 Å². The number of hydrogen-bond donors (Lipinski definition) is 1. The smallest absolute Gasteiger partial charge is 0.307 e. The number of hydrogen-bond acceptors (Lipinski definition) is 4. The SMILES string of the molecule is Cc1cc(Br)ccc1-c1noc(C2CC2C(=O)O)n1. The molecule has 2 atom stereocenters. The van der Waals surface area contributed by atoms with Crippen LogP contribution in [0.5, 0.6) is 0 Å². The highest BCUT2D eigenvalue weighted by Gasteiger charge is 2.48. The van der Waals surface area contributed by atoms with Gasteiger partial charge in [0.1, 0.15) is 0 Å². The molecule has 1 aliphatic carbocycles. The molecule has 1 aromatic carbocycles. The molecule has 3 rings (SSSR count). The Kier molecular flexibility index (Phi) is 2.89. The predicted molar refractivity (Wildman–Crippen MR) is 70.7 cm³/mol. The highest BCUT2D eigenvalue weighted by Crippen LogP contribution is 2.47. The van der Waals surface area contributed by atoms with E-state index in [1.54, 1.807) is 0 Å². The standard InChI is InChI=1S/C13H11BrN2O3/c1-6-4-7(14)2-3-8(6)11-15-12(19-16-11)9-5-10(9)13(17)18/h2-4,9-10H,5H2,1H3,(H,17,18). The zero-order valence-corrected chi connectivity index (χ0v) is 11.7. The number of halogens is 1. The van der Waals surface area contributed by atoms with Gasteiger partial charge in [-0.25, -0.2) is 0 Å². The summed E-state index contributed by atoms with van der Waals surface area (Å²) in [6.45, 7) is 1.97. The summed E-state index contributed by atoms with van der Waals surface area (Å²) in [6, 6.07) is 5.80. The second kappa shape index (κ2) is 4.45. The second-order valence-electron chi connectivity index (χ2n) is 4.70. The van der Waals surface area contributed by atoms with Gasteiger partial charge in [-0.2, -0.15) is 4.98 Å². The van der Waals surface area contributed by atoms with Crippen LogP contribution in [-0.2, 0) is 4.79 Å². The van der Waals surface area contributed by atoms with Crippen LogP contribution >= 0.6 is 15.9 Å². The van der Waals surface area contributed by atoms with E-state index in [1.165, 1.54) is 0 Å². The Bertz CT molecular complexity index is 653. The molecule has 2 unspecified atom stereocenters. The molecule has 1 heterocycles. The van der Waals surface area contributed by atoms with Gasteiger partial charge >= 0.3 is 5.97 Å². The minimum atomic E-state index is -0.801. The van der Waals surface area contributed by atoms with E-state index in [4.69, 9.17) is 9.63 Å². The van der Waals surface area contributed by atoms with Crippen molar-refractivity contribution in [2.24, 2.45) is 5.92 Å². The van der Waals surface area contributed by atoms with Crippen molar-refractivity contribution in [1.29, 1.82) is 0 Å². The Hall–Kier alpha value is -1.69. The number of carbonyl (C=O) groups is 1. The quantitative estimate of drug-likeness (QED) is 0.940. The largest absolute Gasteiger partial charge is 0.481 e. The first-order valence-electron chi connectivity index (χ1n) is 5.89. The van der Waals surface area contributed by atoms with E-state index in [2.05, 4.69) is 26.1 Å². The average molecular weight is 323 g/mol. The summed E-state index contributed by atoms with van der Waals surface area (Å²) in [4.78, 5) is 15.1. The molecule has 1 saturated carbocycles. The minimum Gasteiger partial charge on any atom is -0.481 e. The van der Waals surface area contributed by atoms with Crippen molar-refractivity contribution < 1.29 is 14.4 Å². The van der Waals surface area contributed by atoms with E-state index < -0.39 is 5.97 Å². The second-order valence-corrected chi connectivity index (χ2v) is 5.62. The van der Waals surface area contributed by atoms with Gasteiger partial charge in [-0.15, -0.1) is 0 Å². The highest BCUT2D eigenvalue weighted by molar-refractivity contribution is 9.10. The van der Waals surface area contributed by atoms with Crippen LogP contribution < -0.4 is 0 Å². The van der Waals surface area contributed by atoms with E-state index in [0.717, 1.165) is 15.6 Å². The van der Waals surface area contributed by atoms with Crippen molar-refractivity contribution in [3.63, 3.8) is 0 Å². The van der Waals surface area contributed by atoms with Gasteiger partial charge in [-0.3, -0.25) is 4.79 Å². The van der Waals surface area contributed by atoms with E-state index >= 15 is 0 Å². The fourth-order valence-corrected chi connectivity index (χ4v) is 2.59. The van der Waals surface area contributed by atoms with Gasteiger partial charge in [0, 0.05) is 10.0 Å². The molecule has 5 nitrogen and oxygen atoms in total. The molecule has 1 N–H and O–H groups in total. The summed E-state index contributed by atoms with van der Waals surface area (Å²) < 4.78 is 6.16. The average Bonchev–Trinajstić information content (AvgIpc) is 3.01. The molecule has 19 heavy (non-hydrogen) atoms.